The average molecular weight is 537 g/mol. The van der Waals surface area contributed by atoms with Crippen molar-refractivity contribution in [2.45, 2.75) is 38.8 Å². The van der Waals surface area contributed by atoms with Crippen molar-refractivity contribution in [1.82, 2.24) is 4.31 Å². The molecule has 4 aromatic rings. The lowest BCUT2D eigenvalue weighted by molar-refractivity contribution is 0.0343. The Kier molecular flexibility index (Phi) is 6.72. The fourth-order valence-electron chi connectivity index (χ4n) is 5.47. The van der Waals surface area contributed by atoms with Crippen LogP contribution in [0.2, 0.25) is 0 Å². The molecule has 7 heteroatoms. The van der Waals surface area contributed by atoms with Gasteiger partial charge in [-0.25, -0.2) is 8.42 Å². The van der Waals surface area contributed by atoms with Crippen molar-refractivity contribution >= 4 is 22.6 Å². The van der Waals surface area contributed by atoms with Gasteiger partial charge in [0.15, 0.2) is 0 Å². The second kappa shape index (κ2) is 10.1. The molecule has 0 saturated carbocycles. The van der Waals surface area contributed by atoms with Gasteiger partial charge in [0.05, 0.1) is 4.90 Å². The van der Waals surface area contributed by atoms with Gasteiger partial charge in [0.25, 0.3) is 0 Å². The van der Waals surface area contributed by atoms with Gasteiger partial charge in [-0.2, -0.15) is 4.31 Å². The van der Waals surface area contributed by atoms with E-state index in [1.165, 1.54) is 0 Å². The molecule has 0 amide bonds. The third-order valence-corrected chi connectivity index (χ3v) is 9.37. The first kappa shape index (κ1) is 26.0. The molecule has 5 nitrogen and oxygen atoms in total. The average Bonchev–Trinajstić information content (AvgIpc) is 3.40. The summed E-state index contributed by atoms with van der Waals surface area (Å²) < 4.78 is 41.9. The van der Waals surface area contributed by atoms with Crippen molar-refractivity contribution in [3.63, 3.8) is 0 Å². The highest BCUT2D eigenvalue weighted by atomic mass is 32.2. The molecule has 0 atom stereocenters. The van der Waals surface area contributed by atoms with E-state index in [1.54, 1.807) is 16.4 Å². The molecule has 1 saturated heterocycles. The molecule has 0 spiro atoms. The van der Waals surface area contributed by atoms with Gasteiger partial charge >= 0.3 is 7.12 Å². The van der Waals surface area contributed by atoms with Crippen molar-refractivity contribution in [2.24, 2.45) is 5.41 Å². The molecule has 0 unspecified atom stereocenters. The van der Waals surface area contributed by atoms with Gasteiger partial charge < -0.3 is 9.31 Å². The van der Waals surface area contributed by atoms with Crippen LogP contribution in [0, 0.1) is 12.3 Å². The number of benzene rings is 4. The summed E-state index contributed by atoms with van der Waals surface area (Å²) in [7, 11) is -4.24. The number of nitrogens with zero attached hydrogens (tertiary/aromatic N) is 1. The lowest BCUT2D eigenvalue weighted by Crippen LogP contribution is -2.48. The van der Waals surface area contributed by atoms with Gasteiger partial charge in [-0.3, -0.25) is 0 Å². The normalized spacial score (nSPS) is 17.3. The summed E-state index contributed by atoms with van der Waals surface area (Å²) in [6.07, 6.45) is 0. The van der Waals surface area contributed by atoms with Crippen LogP contribution in [-0.2, 0) is 32.4 Å². The van der Waals surface area contributed by atoms with E-state index in [-0.39, 0.29) is 12.0 Å². The minimum atomic E-state index is -3.70. The maximum absolute atomic E-state index is 13.8. The fourth-order valence-corrected chi connectivity index (χ4v) is 6.85. The largest absolute Gasteiger partial charge is 0.494 e. The van der Waals surface area contributed by atoms with E-state index in [0.29, 0.717) is 24.7 Å². The van der Waals surface area contributed by atoms with Crippen LogP contribution in [0.3, 0.4) is 0 Å². The van der Waals surface area contributed by atoms with E-state index < -0.39 is 17.1 Å². The van der Waals surface area contributed by atoms with Crippen LogP contribution in [0.4, 0.5) is 0 Å². The molecule has 0 bridgehead atoms. The monoisotopic (exact) mass is 537 g/mol. The van der Waals surface area contributed by atoms with Gasteiger partial charge in [-0.15, -0.1) is 0 Å². The van der Waals surface area contributed by atoms with E-state index >= 15 is 0 Å². The van der Waals surface area contributed by atoms with Gasteiger partial charge in [0, 0.05) is 31.7 Å². The van der Waals surface area contributed by atoms with E-state index in [9.17, 15) is 8.42 Å². The molecular formula is C32H32BNO4S. The maximum Gasteiger partial charge on any atom is 0.494 e. The lowest BCUT2D eigenvalue weighted by atomic mass is 9.69. The van der Waals surface area contributed by atoms with Crippen LogP contribution in [0.25, 0.3) is 22.3 Å². The zero-order valence-electron chi connectivity index (χ0n) is 22.6. The quantitative estimate of drug-likeness (QED) is 0.302. The summed E-state index contributed by atoms with van der Waals surface area (Å²) in [5.41, 5.74) is 7.99. The smallest absolute Gasteiger partial charge is 0.407 e. The van der Waals surface area contributed by atoms with Crippen LogP contribution < -0.4 is 5.46 Å². The Morgan fingerprint density at radius 2 is 1.33 bits per heavy atom. The Balaban J connectivity index is 1.54. The number of hydrogen-bond donors (Lipinski definition) is 0. The second-order valence-corrected chi connectivity index (χ2v) is 13.2. The first-order valence-electron chi connectivity index (χ1n) is 13.3. The van der Waals surface area contributed by atoms with E-state index in [4.69, 9.17) is 9.31 Å². The van der Waals surface area contributed by atoms with Crippen LogP contribution in [0.5, 0.6) is 0 Å². The van der Waals surface area contributed by atoms with Gasteiger partial charge in [0.1, 0.15) is 0 Å². The molecule has 2 heterocycles. The zero-order valence-corrected chi connectivity index (χ0v) is 23.4. The number of fused-ring (bicyclic) bond motifs is 1. The summed E-state index contributed by atoms with van der Waals surface area (Å²) in [6.45, 7) is 7.96. The fraction of sp³-hybridized carbons (Fsp3) is 0.250. The van der Waals surface area contributed by atoms with Gasteiger partial charge in [-0.05, 0) is 57.9 Å². The number of aryl methyl sites for hydroxylation is 1. The number of hydrogen-bond acceptors (Lipinski definition) is 4. The molecular weight excluding hydrogens is 505 g/mol. The molecule has 4 aromatic carbocycles. The Labute approximate surface area is 231 Å². The minimum absolute atomic E-state index is 0.0681. The molecule has 0 radical (unpaired) electrons. The number of sulfonamides is 1. The van der Waals surface area contributed by atoms with Crippen molar-refractivity contribution in [3.05, 3.63) is 108 Å². The van der Waals surface area contributed by atoms with Crippen molar-refractivity contribution in [3.8, 4) is 22.3 Å². The molecule has 2 aliphatic rings. The minimum Gasteiger partial charge on any atom is -0.407 e. The van der Waals surface area contributed by atoms with Gasteiger partial charge in [-0.1, -0.05) is 98.3 Å². The Bertz CT molecular complexity index is 1590. The molecule has 2 aliphatic heterocycles. The lowest BCUT2D eigenvalue weighted by Gasteiger charge is -2.34. The van der Waals surface area contributed by atoms with Crippen molar-refractivity contribution < 1.29 is 17.7 Å². The summed E-state index contributed by atoms with van der Waals surface area (Å²) >= 11 is 0. The zero-order chi connectivity index (χ0) is 27.2. The van der Waals surface area contributed by atoms with E-state index in [1.807, 2.05) is 55.5 Å². The molecule has 0 aliphatic carbocycles. The summed E-state index contributed by atoms with van der Waals surface area (Å²) in [4.78, 5) is 0.310. The predicted molar refractivity (Wildman–Crippen MR) is 156 cm³/mol. The molecule has 39 heavy (non-hydrogen) atoms. The molecule has 0 N–H and O–H groups in total. The van der Waals surface area contributed by atoms with Crippen LogP contribution >= 0.6 is 0 Å². The summed E-state index contributed by atoms with van der Waals surface area (Å²) in [5.74, 6) is 0. The third kappa shape index (κ3) is 4.96. The van der Waals surface area contributed by atoms with Crippen LogP contribution in [0.15, 0.2) is 95.9 Å². The molecule has 198 valence electrons. The highest BCUT2D eigenvalue weighted by Crippen LogP contribution is 2.40. The standard InChI is InChI=1S/C32H32BNO4S/c1-23-14-16-26(17-15-23)39(35,36)34-19-28-27(24-10-6-4-7-11-24)18-30(33-37-21-32(2,3)22-38-33)31(29(28)20-34)25-12-8-5-9-13-25/h4-18H,19-22H2,1-3H3. The Hall–Kier alpha value is -3.23. The first-order valence-corrected chi connectivity index (χ1v) is 14.8. The van der Waals surface area contributed by atoms with E-state index in [0.717, 1.165) is 44.4 Å². The topological polar surface area (TPSA) is 55.8 Å². The molecule has 1 fully saturated rings. The molecule has 6 rings (SSSR count). The van der Waals surface area contributed by atoms with Crippen LogP contribution in [0.1, 0.15) is 30.5 Å². The number of rotatable bonds is 5. The SMILES string of the molecule is Cc1ccc(S(=O)(=O)N2Cc3c(-c4ccccc4)cc(B4OCC(C)(C)CO4)c(-c4ccccc4)c3C2)cc1. The Morgan fingerprint density at radius 3 is 1.95 bits per heavy atom. The summed E-state index contributed by atoms with van der Waals surface area (Å²) in [6, 6.07) is 29.6. The van der Waals surface area contributed by atoms with Crippen molar-refractivity contribution in [2.75, 3.05) is 13.2 Å². The third-order valence-electron chi connectivity index (χ3n) is 7.56. The highest BCUT2D eigenvalue weighted by Gasteiger charge is 2.40. The highest BCUT2D eigenvalue weighted by molar-refractivity contribution is 7.89. The van der Waals surface area contributed by atoms with E-state index in [2.05, 4.69) is 44.2 Å². The van der Waals surface area contributed by atoms with Crippen LogP contribution in [-0.4, -0.2) is 33.1 Å². The summed E-state index contributed by atoms with van der Waals surface area (Å²) in [5, 5.41) is 0. The Morgan fingerprint density at radius 1 is 0.769 bits per heavy atom. The molecule has 0 aromatic heterocycles. The maximum atomic E-state index is 13.8. The first-order chi connectivity index (χ1) is 18.7. The predicted octanol–water partition coefficient (Wildman–Crippen LogP) is 5.80. The van der Waals surface area contributed by atoms with Crippen molar-refractivity contribution in [1.29, 1.82) is 0 Å². The second-order valence-electron chi connectivity index (χ2n) is 11.3. The van der Waals surface area contributed by atoms with Gasteiger partial charge in [0.2, 0.25) is 10.0 Å².